The zero-order valence-corrected chi connectivity index (χ0v) is 13.8. The monoisotopic (exact) mass is 324 g/mol. The van der Waals surface area contributed by atoms with E-state index in [0.29, 0.717) is 4.90 Å². The maximum Gasteiger partial charge on any atom is 0.239 e. The van der Waals surface area contributed by atoms with Crippen LogP contribution in [0.15, 0.2) is 23.1 Å². The van der Waals surface area contributed by atoms with Gasteiger partial charge in [-0.15, -0.1) is 11.8 Å². The smallest absolute Gasteiger partial charge is 0.239 e. The van der Waals surface area contributed by atoms with Crippen molar-refractivity contribution in [1.82, 2.24) is 10.6 Å². The number of hydrogen-bond donors (Lipinski definition) is 2. The first kappa shape index (κ1) is 16.8. The zero-order chi connectivity index (χ0) is 16.3. The molecule has 0 fully saturated rings. The van der Waals surface area contributed by atoms with Crippen molar-refractivity contribution in [2.45, 2.75) is 38.1 Å². The summed E-state index contributed by atoms with van der Waals surface area (Å²) in [5.41, 5.74) is 0.282. The Morgan fingerprint density at radius 2 is 2.09 bits per heavy atom. The average Bonchev–Trinajstić information content (AvgIpc) is 2.45. The molecule has 1 aliphatic rings. The minimum absolute atomic E-state index is 0.0651. The summed E-state index contributed by atoms with van der Waals surface area (Å²) in [6, 6.07) is 4.72. The summed E-state index contributed by atoms with van der Waals surface area (Å²) in [5, 5.41) is 5.49. The van der Waals surface area contributed by atoms with E-state index in [0.717, 1.165) is 17.7 Å². The first-order valence-corrected chi connectivity index (χ1v) is 8.26. The molecule has 22 heavy (non-hydrogen) atoms. The Morgan fingerprint density at radius 3 is 2.77 bits per heavy atom. The number of nitrogens with one attached hydrogen (secondary N) is 2. The quantitative estimate of drug-likeness (QED) is 0.899. The van der Waals surface area contributed by atoms with E-state index in [9.17, 15) is 14.0 Å². The molecule has 1 aromatic rings. The topological polar surface area (TPSA) is 58.2 Å². The lowest BCUT2D eigenvalue weighted by Crippen LogP contribution is -2.43. The van der Waals surface area contributed by atoms with Crippen molar-refractivity contribution in [2.24, 2.45) is 5.41 Å². The van der Waals surface area contributed by atoms with Gasteiger partial charge in [0.05, 0.1) is 12.6 Å². The van der Waals surface area contributed by atoms with Gasteiger partial charge in [0.25, 0.3) is 0 Å². The number of hydrogen-bond acceptors (Lipinski definition) is 3. The second-order valence-electron chi connectivity index (χ2n) is 6.35. The van der Waals surface area contributed by atoms with Crippen LogP contribution in [0.1, 0.15) is 38.8 Å². The number of rotatable bonds is 3. The molecule has 0 aromatic heterocycles. The third-order valence-electron chi connectivity index (χ3n) is 3.45. The average molecular weight is 324 g/mol. The van der Waals surface area contributed by atoms with Crippen molar-refractivity contribution < 1.29 is 14.0 Å². The predicted molar refractivity (Wildman–Crippen MR) is 85.1 cm³/mol. The minimum atomic E-state index is -0.530. The van der Waals surface area contributed by atoms with E-state index in [1.165, 1.54) is 17.8 Å². The summed E-state index contributed by atoms with van der Waals surface area (Å²) < 4.78 is 13.8. The fraction of sp³-hybridized carbons (Fsp3) is 0.500. The van der Waals surface area contributed by atoms with Gasteiger partial charge >= 0.3 is 0 Å². The van der Waals surface area contributed by atoms with E-state index in [1.807, 2.05) is 6.07 Å². The molecule has 1 atom stereocenters. The van der Waals surface area contributed by atoms with Crippen molar-refractivity contribution in [1.29, 1.82) is 0 Å². The molecule has 2 rings (SSSR count). The number of amides is 2. The van der Waals surface area contributed by atoms with Crippen LogP contribution in [0.3, 0.4) is 0 Å². The van der Waals surface area contributed by atoms with Crippen molar-refractivity contribution in [3.63, 3.8) is 0 Å². The minimum Gasteiger partial charge on any atom is -0.348 e. The maximum atomic E-state index is 13.8. The third kappa shape index (κ3) is 4.00. The number of fused-ring (bicyclic) bond motifs is 1. The zero-order valence-electron chi connectivity index (χ0n) is 13.0. The first-order chi connectivity index (χ1) is 10.3. The molecule has 0 bridgehead atoms. The second-order valence-corrected chi connectivity index (χ2v) is 7.45. The number of carbonyl (C=O) groups is 2. The third-order valence-corrected chi connectivity index (χ3v) is 4.61. The van der Waals surface area contributed by atoms with Crippen LogP contribution < -0.4 is 10.6 Å². The molecule has 6 heteroatoms. The normalized spacial score (nSPS) is 17.5. The molecular formula is C16H21FN2O2S. The Bertz CT molecular complexity index is 584. The molecule has 1 aliphatic heterocycles. The Balaban J connectivity index is 1.97. The van der Waals surface area contributed by atoms with Crippen molar-refractivity contribution >= 4 is 23.6 Å². The van der Waals surface area contributed by atoms with Gasteiger partial charge in [-0.3, -0.25) is 9.59 Å². The van der Waals surface area contributed by atoms with Gasteiger partial charge in [0.1, 0.15) is 5.82 Å². The fourth-order valence-electron chi connectivity index (χ4n) is 2.21. The van der Waals surface area contributed by atoms with E-state index in [4.69, 9.17) is 0 Å². The largest absolute Gasteiger partial charge is 0.348 e. The predicted octanol–water partition coefficient (Wildman–Crippen LogP) is 2.64. The Morgan fingerprint density at radius 1 is 1.36 bits per heavy atom. The van der Waals surface area contributed by atoms with Crippen LogP contribution in [-0.2, 0) is 9.59 Å². The van der Waals surface area contributed by atoms with Crippen LogP contribution in [0.25, 0.3) is 0 Å². The summed E-state index contributed by atoms with van der Waals surface area (Å²) in [7, 11) is 0. The molecule has 0 saturated heterocycles. The molecule has 120 valence electrons. The maximum absolute atomic E-state index is 13.8. The Hall–Kier alpha value is -1.56. The molecule has 4 nitrogen and oxygen atoms in total. The lowest BCUT2D eigenvalue weighted by Gasteiger charge is -2.26. The number of carbonyl (C=O) groups excluding carboxylic acids is 2. The van der Waals surface area contributed by atoms with Crippen molar-refractivity contribution in [3.05, 3.63) is 29.6 Å². The van der Waals surface area contributed by atoms with Gasteiger partial charge in [0.15, 0.2) is 0 Å². The van der Waals surface area contributed by atoms with Gasteiger partial charge in [-0.05, 0) is 18.1 Å². The van der Waals surface area contributed by atoms with Crippen LogP contribution >= 0.6 is 11.8 Å². The van der Waals surface area contributed by atoms with Crippen molar-refractivity contribution in [2.75, 3.05) is 12.3 Å². The summed E-state index contributed by atoms with van der Waals surface area (Å²) in [4.78, 5) is 24.4. The van der Waals surface area contributed by atoms with Crippen molar-refractivity contribution in [3.8, 4) is 0 Å². The standard InChI is InChI=1S/C16H21FN2O2S/c1-16(2,3)15(21)18-9-13(20)19-12-7-8-22-14-10(12)5-4-6-11(14)17/h4-6,12H,7-9H2,1-3H3,(H,18,21)(H,19,20). The van der Waals surface area contributed by atoms with Gasteiger partial charge in [0.2, 0.25) is 11.8 Å². The lowest BCUT2D eigenvalue weighted by atomic mass is 9.96. The summed E-state index contributed by atoms with van der Waals surface area (Å²) in [5.74, 6) is 0.0771. The van der Waals surface area contributed by atoms with Crippen LogP contribution in [0.5, 0.6) is 0 Å². The van der Waals surface area contributed by atoms with E-state index >= 15 is 0 Å². The molecule has 0 spiro atoms. The molecule has 1 unspecified atom stereocenters. The second kappa shape index (κ2) is 6.69. The molecule has 0 aliphatic carbocycles. The van der Waals surface area contributed by atoms with Gasteiger partial charge in [-0.2, -0.15) is 0 Å². The van der Waals surface area contributed by atoms with Crippen LogP contribution in [0.2, 0.25) is 0 Å². The summed E-state index contributed by atoms with van der Waals surface area (Å²) in [6.07, 6.45) is 0.750. The number of benzene rings is 1. The van der Waals surface area contributed by atoms with E-state index < -0.39 is 5.41 Å². The SMILES string of the molecule is CC(C)(C)C(=O)NCC(=O)NC1CCSc2c(F)cccc21. The van der Waals surface area contributed by atoms with Gasteiger partial charge in [-0.1, -0.05) is 32.9 Å². The highest BCUT2D eigenvalue weighted by Crippen LogP contribution is 2.37. The van der Waals surface area contributed by atoms with E-state index in [1.54, 1.807) is 26.8 Å². The van der Waals surface area contributed by atoms with E-state index in [-0.39, 0.29) is 30.2 Å². The van der Waals surface area contributed by atoms with Crippen LogP contribution in [-0.4, -0.2) is 24.1 Å². The first-order valence-electron chi connectivity index (χ1n) is 7.28. The molecule has 1 heterocycles. The van der Waals surface area contributed by atoms with Crippen LogP contribution in [0.4, 0.5) is 4.39 Å². The highest BCUT2D eigenvalue weighted by molar-refractivity contribution is 7.99. The molecule has 2 amide bonds. The molecular weight excluding hydrogens is 303 g/mol. The van der Waals surface area contributed by atoms with Gasteiger partial charge in [-0.25, -0.2) is 4.39 Å². The molecule has 0 radical (unpaired) electrons. The highest BCUT2D eigenvalue weighted by atomic mass is 32.2. The number of thioether (sulfide) groups is 1. The summed E-state index contributed by atoms with van der Waals surface area (Å²) >= 11 is 1.47. The highest BCUT2D eigenvalue weighted by Gasteiger charge is 2.25. The molecule has 1 aromatic carbocycles. The van der Waals surface area contributed by atoms with Crippen LogP contribution in [0, 0.1) is 11.2 Å². The Labute approximate surface area is 134 Å². The number of halogens is 1. The van der Waals surface area contributed by atoms with Gasteiger partial charge < -0.3 is 10.6 Å². The Kier molecular flexibility index (Phi) is 5.11. The van der Waals surface area contributed by atoms with E-state index in [2.05, 4.69) is 10.6 Å². The molecule has 0 saturated carbocycles. The lowest BCUT2D eigenvalue weighted by molar-refractivity contribution is -0.131. The fourth-order valence-corrected chi connectivity index (χ4v) is 3.35. The molecule has 2 N–H and O–H groups in total. The summed E-state index contributed by atoms with van der Waals surface area (Å²) in [6.45, 7) is 5.30. The van der Waals surface area contributed by atoms with Gasteiger partial charge in [0, 0.05) is 16.1 Å².